The second-order valence-electron chi connectivity index (χ2n) is 5.08. The van der Waals surface area contributed by atoms with Crippen LogP contribution in [0.15, 0.2) is 18.2 Å². The first-order valence-corrected chi connectivity index (χ1v) is 6.52. The zero-order valence-corrected chi connectivity index (χ0v) is 12.6. The largest absolute Gasteiger partial charge is 0.493 e. The molecule has 0 aliphatic heterocycles. The predicted molar refractivity (Wildman–Crippen MR) is 77.0 cm³/mol. The lowest BCUT2D eigenvalue weighted by Crippen LogP contribution is -2.25. The Morgan fingerprint density at radius 3 is 2.47 bits per heavy atom. The van der Waals surface area contributed by atoms with Crippen LogP contribution < -0.4 is 14.8 Å². The Hall–Kier alpha value is -1.26. The molecule has 1 aromatic carbocycles. The van der Waals surface area contributed by atoms with Gasteiger partial charge < -0.3 is 19.5 Å². The molecular formula is C15H25NO3. The van der Waals surface area contributed by atoms with Crippen molar-refractivity contribution in [2.45, 2.75) is 32.4 Å². The molecule has 19 heavy (non-hydrogen) atoms. The Kier molecular flexibility index (Phi) is 6.12. The van der Waals surface area contributed by atoms with Crippen LogP contribution in [0.4, 0.5) is 0 Å². The first kappa shape index (κ1) is 15.8. The molecule has 0 fully saturated rings. The van der Waals surface area contributed by atoms with E-state index in [1.807, 2.05) is 39.1 Å². The summed E-state index contributed by atoms with van der Waals surface area (Å²) in [6.07, 6.45) is 0.824. The van der Waals surface area contributed by atoms with Crippen LogP contribution in [-0.2, 0) is 11.3 Å². The minimum atomic E-state index is -0.167. The summed E-state index contributed by atoms with van der Waals surface area (Å²) in [5, 5.41) is 3.11. The van der Waals surface area contributed by atoms with E-state index in [0.717, 1.165) is 24.5 Å². The summed E-state index contributed by atoms with van der Waals surface area (Å²) in [6.45, 7) is 5.50. The third-order valence-electron chi connectivity index (χ3n) is 3.12. The Bertz CT molecular complexity index is 391. The Morgan fingerprint density at radius 2 is 1.89 bits per heavy atom. The van der Waals surface area contributed by atoms with Gasteiger partial charge in [-0.15, -0.1) is 0 Å². The maximum Gasteiger partial charge on any atom is 0.161 e. The van der Waals surface area contributed by atoms with Crippen LogP contribution >= 0.6 is 0 Å². The van der Waals surface area contributed by atoms with E-state index in [9.17, 15) is 0 Å². The van der Waals surface area contributed by atoms with Gasteiger partial charge in [-0.25, -0.2) is 0 Å². The molecule has 0 radical (unpaired) electrons. The lowest BCUT2D eigenvalue weighted by Gasteiger charge is -2.23. The third kappa shape index (κ3) is 5.09. The molecule has 4 heteroatoms. The molecule has 0 aliphatic carbocycles. The zero-order chi connectivity index (χ0) is 14.3. The fourth-order valence-electron chi connectivity index (χ4n) is 1.65. The van der Waals surface area contributed by atoms with Gasteiger partial charge in [-0.3, -0.25) is 0 Å². The summed E-state index contributed by atoms with van der Waals surface area (Å²) in [7, 11) is 5.29. The van der Waals surface area contributed by atoms with Crippen molar-refractivity contribution in [3.05, 3.63) is 23.8 Å². The van der Waals surface area contributed by atoms with Crippen molar-refractivity contribution in [3.8, 4) is 11.5 Å². The number of ether oxygens (including phenoxy) is 3. The second kappa shape index (κ2) is 7.36. The molecule has 0 bridgehead atoms. The molecule has 0 unspecified atom stereocenters. The fraction of sp³-hybridized carbons (Fsp3) is 0.600. The van der Waals surface area contributed by atoms with Crippen LogP contribution in [0.25, 0.3) is 0 Å². The Labute approximate surface area is 116 Å². The highest BCUT2D eigenvalue weighted by atomic mass is 16.5. The number of rotatable bonds is 8. The van der Waals surface area contributed by atoms with E-state index in [0.29, 0.717) is 6.61 Å². The number of methoxy groups -OCH3 is 2. The monoisotopic (exact) mass is 267 g/mol. The van der Waals surface area contributed by atoms with Crippen LogP contribution in [0.1, 0.15) is 25.8 Å². The molecule has 0 saturated carbocycles. The highest BCUT2D eigenvalue weighted by molar-refractivity contribution is 5.42. The first-order valence-electron chi connectivity index (χ1n) is 6.52. The maximum absolute atomic E-state index is 5.77. The molecule has 0 aliphatic rings. The normalized spacial score (nSPS) is 11.4. The fourth-order valence-corrected chi connectivity index (χ4v) is 1.65. The van der Waals surface area contributed by atoms with Gasteiger partial charge in [-0.05, 0) is 38.6 Å². The van der Waals surface area contributed by atoms with E-state index in [1.165, 1.54) is 5.56 Å². The minimum Gasteiger partial charge on any atom is -0.493 e. The average Bonchev–Trinajstić information content (AvgIpc) is 2.40. The molecule has 0 heterocycles. The van der Waals surface area contributed by atoms with Crippen LogP contribution in [0.5, 0.6) is 11.5 Å². The summed E-state index contributed by atoms with van der Waals surface area (Å²) in [4.78, 5) is 0. The zero-order valence-electron chi connectivity index (χ0n) is 12.6. The summed E-state index contributed by atoms with van der Waals surface area (Å²) in [5.41, 5.74) is 1.00. The molecule has 1 rings (SSSR count). The van der Waals surface area contributed by atoms with Crippen molar-refractivity contribution in [1.29, 1.82) is 0 Å². The average molecular weight is 267 g/mol. The van der Waals surface area contributed by atoms with E-state index in [2.05, 4.69) is 5.32 Å². The molecule has 4 nitrogen and oxygen atoms in total. The summed E-state index contributed by atoms with van der Waals surface area (Å²) >= 11 is 0. The van der Waals surface area contributed by atoms with E-state index >= 15 is 0 Å². The van der Waals surface area contributed by atoms with Crippen molar-refractivity contribution in [2.24, 2.45) is 0 Å². The van der Waals surface area contributed by atoms with E-state index < -0.39 is 0 Å². The van der Waals surface area contributed by atoms with Gasteiger partial charge in [0, 0.05) is 20.1 Å². The van der Waals surface area contributed by atoms with Gasteiger partial charge in [0.2, 0.25) is 0 Å². The molecule has 1 aromatic rings. The quantitative estimate of drug-likeness (QED) is 0.786. The summed E-state index contributed by atoms with van der Waals surface area (Å²) in [6, 6.07) is 5.98. The van der Waals surface area contributed by atoms with Crippen molar-refractivity contribution in [2.75, 3.05) is 27.9 Å². The van der Waals surface area contributed by atoms with Crippen LogP contribution in [0.2, 0.25) is 0 Å². The molecule has 0 atom stereocenters. The smallest absolute Gasteiger partial charge is 0.161 e. The highest BCUT2D eigenvalue weighted by Gasteiger charge is 2.16. The lowest BCUT2D eigenvalue weighted by atomic mass is 10.1. The van der Waals surface area contributed by atoms with Gasteiger partial charge in [0.25, 0.3) is 0 Å². The third-order valence-corrected chi connectivity index (χ3v) is 3.12. The molecule has 0 aromatic heterocycles. The number of benzene rings is 1. The van der Waals surface area contributed by atoms with Crippen molar-refractivity contribution < 1.29 is 14.2 Å². The van der Waals surface area contributed by atoms with Gasteiger partial charge in [-0.2, -0.15) is 0 Å². The van der Waals surface area contributed by atoms with Crippen LogP contribution in [-0.4, -0.2) is 33.5 Å². The van der Waals surface area contributed by atoms with Crippen LogP contribution in [0.3, 0.4) is 0 Å². The summed E-state index contributed by atoms with van der Waals surface area (Å²) in [5.74, 6) is 1.54. The molecular weight excluding hydrogens is 242 g/mol. The summed E-state index contributed by atoms with van der Waals surface area (Å²) < 4.78 is 16.5. The lowest BCUT2D eigenvalue weighted by molar-refractivity contribution is 0.00525. The second-order valence-corrected chi connectivity index (χ2v) is 5.08. The minimum absolute atomic E-state index is 0.167. The van der Waals surface area contributed by atoms with Gasteiger partial charge in [0.1, 0.15) is 0 Å². The van der Waals surface area contributed by atoms with Gasteiger partial charge in [-0.1, -0.05) is 6.07 Å². The van der Waals surface area contributed by atoms with Gasteiger partial charge >= 0.3 is 0 Å². The molecule has 0 saturated heterocycles. The number of nitrogens with one attached hydrogen (secondary N) is 1. The standard InChI is InChI=1S/C15H25NO3/c1-15(2,18-5)8-9-19-13-7-6-12(11-16-3)10-14(13)17-4/h6-7,10,16H,8-9,11H2,1-5H3. The van der Waals surface area contributed by atoms with Crippen molar-refractivity contribution >= 4 is 0 Å². The number of hydrogen-bond acceptors (Lipinski definition) is 4. The number of hydrogen-bond donors (Lipinski definition) is 1. The molecule has 108 valence electrons. The van der Waals surface area contributed by atoms with E-state index in [-0.39, 0.29) is 5.60 Å². The van der Waals surface area contributed by atoms with Crippen molar-refractivity contribution in [1.82, 2.24) is 5.32 Å². The maximum atomic E-state index is 5.77. The molecule has 0 spiro atoms. The topological polar surface area (TPSA) is 39.7 Å². The van der Waals surface area contributed by atoms with Crippen molar-refractivity contribution in [3.63, 3.8) is 0 Å². The van der Waals surface area contributed by atoms with Gasteiger partial charge in [0.05, 0.1) is 19.3 Å². The molecule has 1 N–H and O–H groups in total. The highest BCUT2D eigenvalue weighted by Crippen LogP contribution is 2.28. The Morgan fingerprint density at radius 1 is 1.16 bits per heavy atom. The predicted octanol–water partition coefficient (Wildman–Crippen LogP) is 2.61. The van der Waals surface area contributed by atoms with Crippen LogP contribution in [0, 0.1) is 0 Å². The van der Waals surface area contributed by atoms with E-state index in [4.69, 9.17) is 14.2 Å². The SMILES string of the molecule is CNCc1ccc(OCCC(C)(C)OC)c(OC)c1. The van der Waals surface area contributed by atoms with Gasteiger partial charge in [0.15, 0.2) is 11.5 Å². The Balaban J connectivity index is 2.63. The molecule has 0 amide bonds. The first-order chi connectivity index (χ1) is 9.02. The van der Waals surface area contributed by atoms with E-state index in [1.54, 1.807) is 14.2 Å².